The summed E-state index contributed by atoms with van der Waals surface area (Å²) in [5.41, 5.74) is 5.65. The van der Waals surface area contributed by atoms with Gasteiger partial charge in [0.2, 0.25) is 0 Å². The van der Waals surface area contributed by atoms with E-state index in [0.29, 0.717) is 24.9 Å². The molecule has 0 saturated heterocycles. The molecule has 2 unspecified atom stereocenters. The van der Waals surface area contributed by atoms with Crippen molar-refractivity contribution < 1.29 is 8.42 Å². The molecule has 1 saturated carbocycles. The van der Waals surface area contributed by atoms with Gasteiger partial charge < -0.3 is 5.73 Å². The lowest BCUT2D eigenvalue weighted by molar-refractivity contribution is 0.392. The number of nitrogens with two attached hydrogens (primary N) is 1. The van der Waals surface area contributed by atoms with E-state index in [1.54, 1.807) is 13.8 Å². The minimum Gasteiger partial charge on any atom is -0.330 e. The largest absolute Gasteiger partial charge is 0.330 e. The SMILES string of the molecule is CC(C)NS(=O)(=O)NCC1CCCC1CN. The van der Waals surface area contributed by atoms with Crippen LogP contribution in [0.15, 0.2) is 0 Å². The van der Waals surface area contributed by atoms with Gasteiger partial charge in [0.1, 0.15) is 0 Å². The molecule has 6 heteroatoms. The van der Waals surface area contributed by atoms with Crippen molar-refractivity contribution in [2.45, 2.75) is 39.2 Å². The Balaban J connectivity index is 2.39. The van der Waals surface area contributed by atoms with E-state index in [1.807, 2.05) is 0 Å². The van der Waals surface area contributed by atoms with Gasteiger partial charge in [-0.3, -0.25) is 0 Å². The zero-order chi connectivity index (χ0) is 12.2. The maximum atomic E-state index is 11.5. The molecule has 1 aliphatic carbocycles. The van der Waals surface area contributed by atoms with Crippen LogP contribution >= 0.6 is 0 Å². The lowest BCUT2D eigenvalue weighted by atomic mass is 9.97. The van der Waals surface area contributed by atoms with E-state index < -0.39 is 10.2 Å². The summed E-state index contributed by atoms with van der Waals surface area (Å²) in [7, 11) is -3.34. The van der Waals surface area contributed by atoms with Gasteiger partial charge in [0, 0.05) is 12.6 Å². The van der Waals surface area contributed by atoms with Crippen molar-refractivity contribution in [2.24, 2.45) is 17.6 Å². The monoisotopic (exact) mass is 249 g/mol. The summed E-state index contributed by atoms with van der Waals surface area (Å²) in [4.78, 5) is 0. The highest BCUT2D eigenvalue weighted by Gasteiger charge is 2.27. The highest BCUT2D eigenvalue weighted by molar-refractivity contribution is 7.87. The topological polar surface area (TPSA) is 84.2 Å². The Labute approximate surface area is 98.4 Å². The second-order valence-corrected chi connectivity index (χ2v) is 6.34. The lowest BCUT2D eigenvalue weighted by Crippen LogP contribution is -2.43. The number of hydrogen-bond donors (Lipinski definition) is 3. The van der Waals surface area contributed by atoms with Crippen LogP contribution < -0.4 is 15.2 Å². The third-order valence-electron chi connectivity index (χ3n) is 3.05. The highest BCUT2D eigenvalue weighted by Crippen LogP contribution is 2.30. The molecule has 4 N–H and O–H groups in total. The molecule has 2 atom stereocenters. The molecule has 1 rings (SSSR count). The summed E-state index contributed by atoms with van der Waals surface area (Å²) < 4.78 is 28.2. The summed E-state index contributed by atoms with van der Waals surface area (Å²) in [5, 5.41) is 0. The zero-order valence-corrected chi connectivity index (χ0v) is 10.9. The minimum atomic E-state index is -3.34. The van der Waals surface area contributed by atoms with Gasteiger partial charge in [-0.2, -0.15) is 13.1 Å². The van der Waals surface area contributed by atoms with E-state index in [4.69, 9.17) is 5.73 Å². The van der Waals surface area contributed by atoms with E-state index in [9.17, 15) is 8.42 Å². The van der Waals surface area contributed by atoms with Gasteiger partial charge in [0.15, 0.2) is 0 Å². The summed E-state index contributed by atoms with van der Waals surface area (Å²) in [6, 6.07) is -0.0774. The van der Waals surface area contributed by atoms with Crippen LogP contribution in [0.25, 0.3) is 0 Å². The molecule has 0 radical (unpaired) electrons. The van der Waals surface area contributed by atoms with E-state index in [1.165, 1.54) is 0 Å². The van der Waals surface area contributed by atoms with Crippen LogP contribution in [0.3, 0.4) is 0 Å². The molecule has 0 aliphatic heterocycles. The second-order valence-electron chi connectivity index (χ2n) is 4.81. The summed E-state index contributed by atoms with van der Waals surface area (Å²) in [5.74, 6) is 0.871. The fraction of sp³-hybridized carbons (Fsp3) is 1.00. The van der Waals surface area contributed by atoms with Crippen molar-refractivity contribution in [1.82, 2.24) is 9.44 Å². The third kappa shape index (κ3) is 4.37. The Kier molecular flexibility index (Phi) is 5.17. The van der Waals surface area contributed by atoms with Crippen molar-refractivity contribution in [3.8, 4) is 0 Å². The van der Waals surface area contributed by atoms with E-state index in [2.05, 4.69) is 9.44 Å². The van der Waals surface area contributed by atoms with Gasteiger partial charge in [-0.25, -0.2) is 4.72 Å². The highest BCUT2D eigenvalue weighted by atomic mass is 32.2. The quantitative estimate of drug-likeness (QED) is 0.628. The average molecular weight is 249 g/mol. The Morgan fingerprint density at radius 3 is 2.50 bits per heavy atom. The van der Waals surface area contributed by atoms with Crippen LogP contribution in [0, 0.1) is 11.8 Å². The molecule has 0 spiro atoms. The Morgan fingerprint density at radius 1 is 1.31 bits per heavy atom. The first kappa shape index (κ1) is 13.9. The molecule has 0 heterocycles. The maximum Gasteiger partial charge on any atom is 0.277 e. The van der Waals surface area contributed by atoms with Crippen LogP contribution in [0.2, 0.25) is 0 Å². The van der Waals surface area contributed by atoms with Crippen LogP contribution in [0.5, 0.6) is 0 Å². The van der Waals surface area contributed by atoms with Gasteiger partial charge >= 0.3 is 0 Å². The van der Waals surface area contributed by atoms with Gasteiger partial charge in [-0.1, -0.05) is 6.42 Å². The predicted molar refractivity (Wildman–Crippen MR) is 65.1 cm³/mol. The van der Waals surface area contributed by atoms with Crippen molar-refractivity contribution in [2.75, 3.05) is 13.1 Å². The first-order valence-electron chi connectivity index (χ1n) is 5.91. The minimum absolute atomic E-state index is 0.0774. The first-order chi connectivity index (χ1) is 7.44. The van der Waals surface area contributed by atoms with Crippen molar-refractivity contribution >= 4 is 10.2 Å². The lowest BCUT2D eigenvalue weighted by Gasteiger charge is -2.19. The number of nitrogens with one attached hydrogen (secondary N) is 2. The molecule has 0 aromatic heterocycles. The molecular weight excluding hydrogens is 226 g/mol. The molecule has 0 amide bonds. The zero-order valence-electron chi connectivity index (χ0n) is 10.1. The second kappa shape index (κ2) is 5.95. The van der Waals surface area contributed by atoms with Crippen molar-refractivity contribution in [3.05, 3.63) is 0 Å². The number of hydrogen-bond acceptors (Lipinski definition) is 3. The molecular formula is C10H23N3O2S. The third-order valence-corrected chi connectivity index (χ3v) is 4.37. The van der Waals surface area contributed by atoms with Crippen LogP contribution in [0.1, 0.15) is 33.1 Å². The van der Waals surface area contributed by atoms with Crippen molar-refractivity contribution in [3.63, 3.8) is 0 Å². The van der Waals surface area contributed by atoms with Gasteiger partial charge in [0.25, 0.3) is 10.2 Å². The maximum absolute atomic E-state index is 11.5. The standard InChI is InChI=1S/C10H23N3O2S/c1-8(2)13-16(14,15)12-7-10-5-3-4-9(10)6-11/h8-10,12-13H,3-7,11H2,1-2H3. The summed E-state index contributed by atoms with van der Waals surface area (Å²) in [6.07, 6.45) is 3.36. The van der Waals surface area contributed by atoms with Gasteiger partial charge in [-0.15, -0.1) is 0 Å². The normalized spacial score (nSPS) is 26.5. The molecule has 1 fully saturated rings. The van der Waals surface area contributed by atoms with E-state index >= 15 is 0 Å². The Bertz CT molecular complexity index is 303. The average Bonchev–Trinajstić information content (AvgIpc) is 2.59. The fourth-order valence-corrected chi connectivity index (χ4v) is 3.40. The molecule has 96 valence electrons. The van der Waals surface area contributed by atoms with Crippen LogP contribution in [-0.4, -0.2) is 27.5 Å². The summed E-state index contributed by atoms with van der Waals surface area (Å²) in [6.45, 7) is 4.77. The molecule has 0 aromatic carbocycles. The molecule has 5 nitrogen and oxygen atoms in total. The van der Waals surface area contributed by atoms with Crippen molar-refractivity contribution in [1.29, 1.82) is 0 Å². The molecule has 16 heavy (non-hydrogen) atoms. The fourth-order valence-electron chi connectivity index (χ4n) is 2.26. The van der Waals surface area contributed by atoms with E-state index in [0.717, 1.165) is 19.3 Å². The van der Waals surface area contributed by atoms with Gasteiger partial charge in [0.05, 0.1) is 0 Å². The first-order valence-corrected chi connectivity index (χ1v) is 7.40. The summed E-state index contributed by atoms with van der Waals surface area (Å²) >= 11 is 0. The van der Waals surface area contributed by atoms with E-state index in [-0.39, 0.29) is 6.04 Å². The Morgan fingerprint density at radius 2 is 1.94 bits per heavy atom. The van der Waals surface area contributed by atoms with Crippen LogP contribution in [-0.2, 0) is 10.2 Å². The Hall–Kier alpha value is -0.170. The molecule has 0 aromatic rings. The molecule has 1 aliphatic rings. The smallest absolute Gasteiger partial charge is 0.277 e. The van der Waals surface area contributed by atoms with Crippen LogP contribution in [0.4, 0.5) is 0 Å². The molecule has 0 bridgehead atoms. The van der Waals surface area contributed by atoms with Gasteiger partial charge in [-0.05, 0) is 45.1 Å². The predicted octanol–water partition coefficient (Wildman–Crippen LogP) is 0.194. The number of rotatable bonds is 6.